The normalized spacial score (nSPS) is 23.5. The number of thiophene rings is 1. The van der Waals surface area contributed by atoms with E-state index in [1.807, 2.05) is 28.5 Å². The molecule has 1 aromatic heterocycles. The quantitative estimate of drug-likeness (QED) is 0.796. The summed E-state index contributed by atoms with van der Waals surface area (Å²) in [6, 6.07) is 9.55. The number of esters is 1. The average molecular weight is 327 g/mol. The number of amides is 1. The number of hydrogen-bond acceptors (Lipinski definition) is 4. The molecule has 118 valence electrons. The van der Waals surface area contributed by atoms with E-state index in [0.717, 1.165) is 24.9 Å². The second kappa shape index (κ2) is 5.81. The minimum atomic E-state index is -0.698. The molecule has 2 aliphatic rings. The molecule has 0 bridgehead atoms. The molecule has 0 N–H and O–H groups in total. The fourth-order valence-electron chi connectivity index (χ4n) is 3.50. The Hall–Kier alpha value is -2.14. The molecule has 1 amide bonds. The van der Waals surface area contributed by atoms with Crippen molar-refractivity contribution in [3.8, 4) is 0 Å². The van der Waals surface area contributed by atoms with Crippen LogP contribution in [0.1, 0.15) is 40.4 Å². The fourth-order valence-corrected chi connectivity index (χ4v) is 4.20. The Kier molecular flexibility index (Phi) is 3.65. The van der Waals surface area contributed by atoms with Crippen molar-refractivity contribution in [1.82, 2.24) is 4.90 Å². The first-order chi connectivity index (χ1) is 11.2. The number of cyclic esters (lactones) is 1. The maximum atomic E-state index is 12.9. The van der Waals surface area contributed by atoms with Gasteiger partial charge in [0.05, 0.1) is 11.6 Å². The number of likely N-dealkylation sites (tertiary alicyclic amines) is 1. The van der Waals surface area contributed by atoms with Crippen molar-refractivity contribution in [3.63, 3.8) is 0 Å². The summed E-state index contributed by atoms with van der Waals surface area (Å²) in [6.07, 6.45) is 1.73. The summed E-state index contributed by atoms with van der Waals surface area (Å²) in [5, 5.41) is 4.13. The average Bonchev–Trinajstić information content (AvgIpc) is 3.25. The zero-order valence-corrected chi connectivity index (χ0v) is 13.4. The molecule has 0 saturated carbocycles. The molecule has 2 aliphatic heterocycles. The monoisotopic (exact) mass is 327 g/mol. The van der Waals surface area contributed by atoms with Crippen LogP contribution in [-0.2, 0) is 16.0 Å². The molecule has 0 unspecified atom stereocenters. The summed E-state index contributed by atoms with van der Waals surface area (Å²) in [5.41, 5.74) is 2.66. The molecule has 1 saturated heterocycles. The second-order valence-electron chi connectivity index (χ2n) is 6.00. The first-order valence-corrected chi connectivity index (χ1v) is 8.80. The maximum absolute atomic E-state index is 12.9. The topological polar surface area (TPSA) is 46.6 Å². The molecule has 0 spiro atoms. The summed E-state index contributed by atoms with van der Waals surface area (Å²) in [5.74, 6) is -0.460. The maximum Gasteiger partial charge on any atom is 0.339 e. The van der Waals surface area contributed by atoms with Crippen LogP contribution in [0.5, 0.6) is 0 Å². The van der Waals surface area contributed by atoms with Crippen LogP contribution in [-0.4, -0.2) is 29.4 Å². The van der Waals surface area contributed by atoms with Crippen LogP contribution in [0.3, 0.4) is 0 Å². The molecule has 0 radical (unpaired) electrons. The van der Waals surface area contributed by atoms with Gasteiger partial charge in [0.1, 0.15) is 0 Å². The third kappa shape index (κ3) is 2.55. The highest BCUT2D eigenvalue weighted by Gasteiger charge is 2.38. The molecule has 23 heavy (non-hydrogen) atoms. The lowest BCUT2D eigenvalue weighted by Gasteiger charge is -2.30. The molecule has 4 nitrogen and oxygen atoms in total. The van der Waals surface area contributed by atoms with Crippen LogP contribution in [0.15, 0.2) is 41.1 Å². The minimum Gasteiger partial charge on any atom is -0.448 e. The number of carbonyl (C=O) groups is 2. The number of benzene rings is 1. The molecular weight excluding hydrogens is 310 g/mol. The molecule has 2 atom stereocenters. The van der Waals surface area contributed by atoms with Crippen molar-refractivity contribution in [2.75, 3.05) is 6.54 Å². The zero-order valence-electron chi connectivity index (χ0n) is 12.6. The van der Waals surface area contributed by atoms with Gasteiger partial charge in [-0.05, 0) is 46.9 Å². The van der Waals surface area contributed by atoms with Gasteiger partial charge >= 0.3 is 5.97 Å². The van der Waals surface area contributed by atoms with Gasteiger partial charge in [0, 0.05) is 13.0 Å². The summed E-state index contributed by atoms with van der Waals surface area (Å²) in [7, 11) is 0. The van der Waals surface area contributed by atoms with E-state index in [1.54, 1.807) is 17.4 Å². The second-order valence-corrected chi connectivity index (χ2v) is 6.78. The lowest BCUT2D eigenvalue weighted by molar-refractivity contribution is -0.142. The van der Waals surface area contributed by atoms with E-state index < -0.39 is 12.1 Å². The standard InChI is InChI=1S/C18H17NO3S/c20-17(19-8-3-6-15(19)13-7-9-23-11-13)16-10-12-4-1-2-5-14(12)18(21)22-16/h1-2,4-5,7,9,11,15-16H,3,6,8,10H2/t15-,16-/m0/s1. The van der Waals surface area contributed by atoms with E-state index in [-0.39, 0.29) is 11.9 Å². The Labute approximate surface area is 138 Å². The highest BCUT2D eigenvalue weighted by atomic mass is 32.1. The third-order valence-electron chi connectivity index (χ3n) is 4.63. The summed E-state index contributed by atoms with van der Waals surface area (Å²) in [6.45, 7) is 0.731. The van der Waals surface area contributed by atoms with Crippen LogP contribution in [0.4, 0.5) is 0 Å². The Bertz CT molecular complexity index is 740. The molecule has 1 fully saturated rings. The molecule has 4 rings (SSSR count). The molecule has 3 heterocycles. The number of nitrogens with zero attached hydrogens (tertiary/aromatic N) is 1. The highest BCUT2D eigenvalue weighted by Crippen LogP contribution is 2.34. The largest absolute Gasteiger partial charge is 0.448 e. The lowest BCUT2D eigenvalue weighted by Crippen LogP contribution is -2.44. The van der Waals surface area contributed by atoms with Gasteiger partial charge in [-0.25, -0.2) is 4.79 Å². The van der Waals surface area contributed by atoms with Crippen molar-refractivity contribution in [2.24, 2.45) is 0 Å². The van der Waals surface area contributed by atoms with Crippen LogP contribution in [0.25, 0.3) is 0 Å². The van der Waals surface area contributed by atoms with Crippen molar-refractivity contribution in [1.29, 1.82) is 0 Å². The van der Waals surface area contributed by atoms with Gasteiger partial charge in [0.2, 0.25) is 0 Å². The summed E-state index contributed by atoms with van der Waals surface area (Å²) >= 11 is 1.64. The van der Waals surface area contributed by atoms with Crippen molar-refractivity contribution in [3.05, 3.63) is 57.8 Å². The number of fused-ring (bicyclic) bond motifs is 1. The van der Waals surface area contributed by atoms with Gasteiger partial charge in [0.25, 0.3) is 5.91 Å². The van der Waals surface area contributed by atoms with Crippen molar-refractivity contribution in [2.45, 2.75) is 31.4 Å². The smallest absolute Gasteiger partial charge is 0.339 e. The highest BCUT2D eigenvalue weighted by molar-refractivity contribution is 7.08. The molecular formula is C18H17NO3S. The number of rotatable bonds is 2. The number of ether oxygens (including phenoxy) is 1. The van der Waals surface area contributed by atoms with Gasteiger partial charge in [-0.15, -0.1) is 0 Å². The molecule has 5 heteroatoms. The first-order valence-electron chi connectivity index (χ1n) is 7.85. The number of carbonyl (C=O) groups excluding carboxylic acids is 2. The van der Waals surface area contributed by atoms with Crippen molar-refractivity contribution >= 4 is 23.2 Å². The van der Waals surface area contributed by atoms with Crippen LogP contribution < -0.4 is 0 Å². The Morgan fingerprint density at radius 1 is 1.26 bits per heavy atom. The van der Waals surface area contributed by atoms with Crippen LogP contribution >= 0.6 is 11.3 Å². The van der Waals surface area contributed by atoms with Gasteiger partial charge in [-0.1, -0.05) is 18.2 Å². The summed E-state index contributed by atoms with van der Waals surface area (Å²) in [4.78, 5) is 26.9. The van der Waals surface area contributed by atoms with Gasteiger partial charge in [-0.2, -0.15) is 11.3 Å². The lowest BCUT2D eigenvalue weighted by atomic mass is 9.97. The van der Waals surface area contributed by atoms with E-state index >= 15 is 0 Å². The first kappa shape index (κ1) is 14.5. The van der Waals surface area contributed by atoms with Crippen molar-refractivity contribution < 1.29 is 14.3 Å². The molecule has 2 aromatic rings. The van der Waals surface area contributed by atoms with E-state index in [1.165, 1.54) is 5.56 Å². The van der Waals surface area contributed by atoms with Gasteiger partial charge in [0.15, 0.2) is 6.10 Å². The Balaban J connectivity index is 1.57. The Morgan fingerprint density at radius 3 is 2.96 bits per heavy atom. The van der Waals surface area contributed by atoms with E-state index in [4.69, 9.17) is 4.74 Å². The number of hydrogen-bond donors (Lipinski definition) is 0. The Morgan fingerprint density at radius 2 is 2.13 bits per heavy atom. The zero-order chi connectivity index (χ0) is 15.8. The third-order valence-corrected chi connectivity index (χ3v) is 5.33. The fraction of sp³-hybridized carbons (Fsp3) is 0.333. The minimum absolute atomic E-state index is 0.0680. The van der Waals surface area contributed by atoms with Gasteiger partial charge in [-0.3, -0.25) is 4.79 Å². The predicted octanol–water partition coefficient (Wildman–Crippen LogP) is 3.19. The summed E-state index contributed by atoms with van der Waals surface area (Å²) < 4.78 is 5.43. The molecule has 0 aliphatic carbocycles. The van der Waals surface area contributed by atoms with E-state index in [9.17, 15) is 9.59 Å². The SMILES string of the molecule is O=C1O[C@H](C(=O)N2CCC[C@H]2c2ccsc2)Cc2ccccc21. The molecule has 1 aromatic carbocycles. The van der Waals surface area contributed by atoms with E-state index in [0.29, 0.717) is 12.0 Å². The van der Waals surface area contributed by atoms with Gasteiger partial charge < -0.3 is 9.64 Å². The van der Waals surface area contributed by atoms with E-state index in [2.05, 4.69) is 11.4 Å². The van der Waals surface area contributed by atoms with Crippen LogP contribution in [0.2, 0.25) is 0 Å². The predicted molar refractivity (Wildman–Crippen MR) is 87.4 cm³/mol. The van der Waals surface area contributed by atoms with Crippen LogP contribution in [0, 0.1) is 0 Å².